The second-order valence-corrected chi connectivity index (χ2v) is 12.1. The van der Waals surface area contributed by atoms with Gasteiger partial charge in [0, 0.05) is 10.0 Å². The van der Waals surface area contributed by atoms with Crippen LogP contribution in [0.5, 0.6) is 5.75 Å². The van der Waals surface area contributed by atoms with Crippen LogP contribution in [0.4, 0.5) is 0 Å². The molecule has 0 aliphatic heterocycles. The van der Waals surface area contributed by atoms with Crippen LogP contribution in [0.15, 0.2) is 119 Å². The van der Waals surface area contributed by atoms with Crippen LogP contribution < -0.4 is 14.8 Å². The summed E-state index contributed by atoms with van der Waals surface area (Å²) in [4.78, 5) is 26.3. The molecule has 0 aromatic heterocycles. The minimum Gasteiger partial charge on any atom is -0.495 e. The summed E-state index contributed by atoms with van der Waals surface area (Å²) in [7, 11) is -2.84. The largest absolute Gasteiger partial charge is 0.495 e. The number of amides is 1. The highest BCUT2D eigenvalue weighted by atomic mass is 79.9. The van der Waals surface area contributed by atoms with E-state index in [1.807, 2.05) is 42.5 Å². The molecular formula is C32H31BrN2O6S. The van der Waals surface area contributed by atoms with Crippen LogP contribution in [-0.4, -0.2) is 46.1 Å². The van der Waals surface area contributed by atoms with E-state index in [0.717, 1.165) is 11.1 Å². The van der Waals surface area contributed by atoms with E-state index >= 15 is 0 Å². The minimum atomic E-state index is -4.21. The van der Waals surface area contributed by atoms with Gasteiger partial charge in [0.25, 0.3) is 5.91 Å². The molecule has 42 heavy (non-hydrogen) atoms. The summed E-state index contributed by atoms with van der Waals surface area (Å²) in [6.45, 7) is -0.167. The van der Waals surface area contributed by atoms with Crippen molar-refractivity contribution in [3.63, 3.8) is 0 Å². The number of halogens is 1. The van der Waals surface area contributed by atoms with Crippen molar-refractivity contribution in [2.45, 2.75) is 29.8 Å². The van der Waals surface area contributed by atoms with Crippen molar-refractivity contribution in [3.8, 4) is 5.75 Å². The molecule has 218 valence electrons. The van der Waals surface area contributed by atoms with Gasteiger partial charge in [0.1, 0.15) is 23.3 Å². The van der Waals surface area contributed by atoms with Gasteiger partial charge >= 0.3 is 5.97 Å². The van der Waals surface area contributed by atoms with Crippen LogP contribution >= 0.6 is 15.9 Å². The summed E-state index contributed by atoms with van der Waals surface area (Å²) in [5.74, 6) is -0.955. The Balaban J connectivity index is 1.55. The van der Waals surface area contributed by atoms with Crippen LogP contribution in [0.2, 0.25) is 0 Å². The lowest BCUT2D eigenvalue weighted by Crippen LogP contribution is -2.46. The zero-order valence-corrected chi connectivity index (χ0v) is 25.3. The summed E-state index contributed by atoms with van der Waals surface area (Å²) in [6, 6.07) is 30.0. The molecule has 0 heterocycles. The average molecular weight is 652 g/mol. The molecule has 0 radical (unpaired) electrons. The third-order valence-corrected chi connectivity index (χ3v) is 8.39. The number of methoxy groups -OCH3 is 1. The lowest BCUT2D eigenvalue weighted by atomic mass is 10.1. The molecule has 0 saturated heterocycles. The number of rotatable bonds is 13. The lowest BCUT2D eigenvalue weighted by molar-refractivity contribution is -0.146. The molecule has 0 fully saturated rings. The lowest BCUT2D eigenvalue weighted by Gasteiger charge is -2.22. The van der Waals surface area contributed by atoms with E-state index in [4.69, 9.17) is 9.47 Å². The molecule has 4 aromatic rings. The van der Waals surface area contributed by atoms with Crippen LogP contribution in [0.25, 0.3) is 0 Å². The Morgan fingerprint density at radius 1 is 0.810 bits per heavy atom. The van der Waals surface area contributed by atoms with Gasteiger partial charge in [-0.1, -0.05) is 94.8 Å². The summed E-state index contributed by atoms with van der Waals surface area (Å²) >= 11 is 3.30. The second kappa shape index (κ2) is 14.8. The monoisotopic (exact) mass is 650 g/mol. The number of nitrogens with one attached hydrogen (secondary N) is 2. The van der Waals surface area contributed by atoms with Gasteiger partial charge in [0.2, 0.25) is 10.0 Å². The maximum Gasteiger partial charge on any atom is 0.324 e. The average Bonchev–Trinajstić information content (AvgIpc) is 3.00. The first-order valence-corrected chi connectivity index (χ1v) is 15.5. The maximum atomic E-state index is 13.5. The molecule has 0 aliphatic rings. The van der Waals surface area contributed by atoms with Crippen molar-refractivity contribution in [3.05, 3.63) is 130 Å². The van der Waals surface area contributed by atoms with E-state index in [1.165, 1.54) is 19.2 Å². The van der Waals surface area contributed by atoms with Crippen molar-refractivity contribution in [2.75, 3.05) is 13.7 Å². The minimum absolute atomic E-state index is 0.0505. The molecule has 0 aliphatic carbocycles. The quantitative estimate of drug-likeness (QED) is 0.199. The van der Waals surface area contributed by atoms with Gasteiger partial charge in [-0.05, 0) is 54.3 Å². The highest BCUT2D eigenvalue weighted by Crippen LogP contribution is 2.27. The molecule has 0 saturated carbocycles. The SMILES string of the molecule is COc1ccc(Br)cc1S(=O)(=O)N[C@@H](Cc1ccccc1)C(=O)OC[C@@H](Cc1ccccc1)NC(=O)c1ccccc1. The summed E-state index contributed by atoms with van der Waals surface area (Å²) in [5, 5.41) is 2.94. The number of ether oxygens (including phenoxy) is 2. The third-order valence-electron chi connectivity index (χ3n) is 6.40. The molecule has 0 bridgehead atoms. The molecule has 2 N–H and O–H groups in total. The van der Waals surface area contributed by atoms with Crippen LogP contribution in [-0.2, 0) is 32.4 Å². The summed E-state index contributed by atoms with van der Waals surface area (Å²) in [6.07, 6.45) is 0.450. The molecule has 0 unspecified atom stereocenters. The Labute approximate surface area is 254 Å². The molecular weight excluding hydrogens is 620 g/mol. The molecule has 1 amide bonds. The standard InChI is InChI=1S/C32H31BrN2O6S/c1-40-29-18-17-26(33)21-30(29)42(38,39)35-28(20-24-13-7-3-8-14-24)32(37)41-22-27(19-23-11-5-2-6-12-23)34-31(36)25-15-9-4-10-16-25/h2-18,21,27-28,35H,19-20,22H2,1H3,(H,34,36)/t27-,28+/m1/s1. The zero-order chi connectivity index (χ0) is 30.0. The third kappa shape index (κ3) is 8.75. The number of sulfonamides is 1. The van der Waals surface area contributed by atoms with E-state index in [2.05, 4.69) is 26.0 Å². The molecule has 10 heteroatoms. The van der Waals surface area contributed by atoms with Crippen LogP contribution in [0.3, 0.4) is 0 Å². The van der Waals surface area contributed by atoms with E-state index < -0.39 is 28.1 Å². The Bertz CT molecular complexity index is 1590. The van der Waals surface area contributed by atoms with Gasteiger partial charge in [-0.15, -0.1) is 0 Å². The fraction of sp³-hybridized carbons (Fsp3) is 0.188. The molecule has 2 atom stereocenters. The van der Waals surface area contributed by atoms with Crippen LogP contribution in [0.1, 0.15) is 21.5 Å². The van der Waals surface area contributed by atoms with Gasteiger partial charge in [0.05, 0.1) is 13.2 Å². The Kier molecular flexibility index (Phi) is 10.9. The fourth-order valence-electron chi connectivity index (χ4n) is 4.33. The first-order valence-electron chi connectivity index (χ1n) is 13.2. The van der Waals surface area contributed by atoms with Gasteiger partial charge in [0.15, 0.2) is 0 Å². The number of esters is 1. The van der Waals surface area contributed by atoms with E-state index in [9.17, 15) is 18.0 Å². The zero-order valence-electron chi connectivity index (χ0n) is 22.9. The van der Waals surface area contributed by atoms with Crippen molar-refractivity contribution >= 4 is 37.8 Å². The van der Waals surface area contributed by atoms with Crippen molar-refractivity contribution in [1.29, 1.82) is 0 Å². The number of carbonyl (C=O) groups excluding carboxylic acids is 2. The number of hydrogen-bond acceptors (Lipinski definition) is 6. The predicted molar refractivity (Wildman–Crippen MR) is 164 cm³/mol. The van der Waals surface area contributed by atoms with Crippen molar-refractivity contribution in [2.24, 2.45) is 0 Å². The highest BCUT2D eigenvalue weighted by molar-refractivity contribution is 9.10. The van der Waals surface area contributed by atoms with Crippen molar-refractivity contribution < 1.29 is 27.5 Å². The first-order chi connectivity index (χ1) is 20.2. The smallest absolute Gasteiger partial charge is 0.324 e. The second-order valence-electron chi connectivity index (χ2n) is 9.51. The molecule has 4 rings (SSSR count). The van der Waals surface area contributed by atoms with Gasteiger partial charge < -0.3 is 14.8 Å². The number of hydrogen-bond donors (Lipinski definition) is 2. The van der Waals surface area contributed by atoms with Gasteiger partial charge in [-0.3, -0.25) is 9.59 Å². The molecule has 8 nitrogen and oxygen atoms in total. The molecule has 4 aromatic carbocycles. The maximum absolute atomic E-state index is 13.5. The van der Waals surface area contributed by atoms with E-state index in [-0.39, 0.29) is 29.6 Å². The topological polar surface area (TPSA) is 111 Å². The van der Waals surface area contributed by atoms with E-state index in [1.54, 1.807) is 54.6 Å². The summed E-state index contributed by atoms with van der Waals surface area (Å²) < 4.78 is 40.9. The predicted octanol–water partition coefficient (Wildman–Crippen LogP) is 4.93. The normalized spacial score (nSPS) is 12.6. The Hall–Kier alpha value is -3.99. The van der Waals surface area contributed by atoms with E-state index in [0.29, 0.717) is 16.5 Å². The fourth-order valence-corrected chi connectivity index (χ4v) is 6.22. The number of benzene rings is 4. The number of carbonyl (C=O) groups is 2. The highest BCUT2D eigenvalue weighted by Gasteiger charge is 2.30. The van der Waals surface area contributed by atoms with Crippen LogP contribution in [0, 0.1) is 0 Å². The first kappa shape index (κ1) is 31.0. The molecule has 0 spiro atoms. The van der Waals surface area contributed by atoms with Crippen molar-refractivity contribution in [1.82, 2.24) is 10.0 Å². The summed E-state index contributed by atoms with van der Waals surface area (Å²) in [5.41, 5.74) is 2.15. The Morgan fingerprint density at radius 3 is 1.98 bits per heavy atom. The van der Waals surface area contributed by atoms with Gasteiger partial charge in [-0.2, -0.15) is 4.72 Å². The van der Waals surface area contributed by atoms with Gasteiger partial charge in [-0.25, -0.2) is 8.42 Å². The Morgan fingerprint density at radius 2 is 1.38 bits per heavy atom.